The Labute approximate surface area is 192 Å². The van der Waals surface area contributed by atoms with E-state index in [2.05, 4.69) is 10.0 Å². The van der Waals surface area contributed by atoms with Crippen molar-refractivity contribution in [1.82, 2.24) is 9.62 Å². The lowest BCUT2D eigenvalue weighted by molar-refractivity contribution is -0.141. The van der Waals surface area contributed by atoms with Gasteiger partial charge in [-0.25, -0.2) is 13.1 Å². The van der Waals surface area contributed by atoms with Gasteiger partial charge in [0.15, 0.2) is 0 Å². The number of nitrogens with zero attached hydrogens (tertiary/aromatic N) is 1. The van der Waals surface area contributed by atoms with E-state index in [-0.39, 0.29) is 17.3 Å². The number of furan rings is 1. The molecule has 0 bridgehead atoms. The van der Waals surface area contributed by atoms with Crippen molar-refractivity contribution in [3.63, 3.8) is 0 Å². The summed E-state index contributed by atoms with van der Waals surface area (Å²) in [5.41, 5.74) is 1.03. The van der Waals surface area contributed by atoms with Crippen LogP contribution < -0.4 is 10.0 Å². The minimum atomic E-state index is -3.82. The molecule has 3 aromatic rings. The smallest absolute Gasteiger partial charge is 0.251 e. The molecule has 1 fully saturated rings. The third kappa shape index (κ3) is 5.50. The van der Waals surface area contributed by atoms with Gasteiger partial charge in [-0.3, -0.25) is 9.59 Å². The maximum atomic E-state index is 13.3. The number of carbonyl (C=O) groups excluding carboxylic acids is 2. The van der Waals surface area contributed by atoms with Gasteiger partial charge >= 0.3 is 0 Å². The quantitative estimate of drug-likeness (QED) is 0.527. The predicted molar refractivity (Wildman–Crippen MR) is 123 cm³/mol. The third-order valence-electron chi connectivity index (χ3n) is 5.46. The molecule has 1 aliphatic rings. The first-order valence-electron chi connectivity index (χ1n) is 10.7. The number of hydrogen-bond donors (Lipinski definition) is 2. The average Bonchev–Trinajstić information content (AvgIpc) is 3.34. The number of benzene rings is 2. The minimum absolute atomic E-state index is 0.0113. The average molecular weight is 468 g/mol. The first-order valence-corrected chi connectivity index (χ1v) is 12.2. The summed E-state index contributed by atoms with van der Waals surface area (Å²) in [6.07, 6.45) is 3.52. The fraction of sp³-hybridized carbons (Fsp3) is 0.250. The van der Waals surface area contributed by atoms with Crippen LogP contribution in [0.4, 0.5) is 5.69 Å². The summed E-state index contributed by atoms with van der Waals surface area (Å²) < 4.78 is 33.0. The molecule has 0 spiro atoms. The largest absolute Gasteiger partial charge is 0.468 e. The summed E-state index contributed by atoms with van der Waals surface area (Å²) in [5, 5.41) is 2.80. The normalized spacial score (nSPS) is 15.3. The highest BCUT2D eigenvalue weighted by molar-refractivity contribution is 7.89. The number of nitrogens with one attached hydrogen (secondary N) is 2. The monoisotopic (exact) mass is 467 g/mol. The molecule has 8 nitrogen and oxygen atoms in total. The van der Waals surface area contributed by atoms with Gasteiger partial charge in [0.1, 0.15) is 11.8 Å². The molecule has 2 amide bonds. The molecule has 0 saturated carbocycles. The Morgan fingerprint density at radius 1 is 1.03 bits per heavy atom. The number of rotatable bonds is 8. The highest BCUT2D eigenvalue weighted by Crippen LogP contribution is 2.27. The number of piperidine rings is 1. The molecule has 1 aromatic heterocycles. The van der Waals surface area contributed by atoms with E-state index in [1.54, 1.807) is 29.2 Å². The van der Waals surface area contributed by atoms with Crippen LogP contribution in [0.5, 0.6) is 0 Å². The van der Waals surface area contributed by atoms with Crippen LogP contribution >= 0.6 is 0 Å². The molecule has 9 heteroatoms. The van der Waals surface area contributed by atoms with E-state index in [4.69, 9.17) is 4.42 Å². The van der Waals surface area contributed by atoms with Gasteiger partial charge in [-0.1, -0.05) is 36.4 Å². The van der Waals surface area contributed by atoms with Crippen LogP contribution in [0, 0.1) is 0 Å². The topological polar surface area (TPSA) is 109 Å². The zero-order chi connectivity index (χ0) is 23.3. The molecule has 0 radical (unpaired) electrons. The summed E-state index contributed by atoms with van der Waals surface area (Å²) in [6.45, 7) is 0.510. The van der Waals surface area contributed by atoms with Crippen molar-refractivity contribution < 1.29 is 22.4 Å². The molecule has 33 heavy (non-hydrogen) atoms. The first kappa shape index (κ1) is 22.8. The number of likely N-dealkylation sites (tertiary alicyclic amines) is 1. The van der Waals surface area contributed by atoms with Gasteiger partial charge in [0.05, 0.1) is 17.7 Å². The van der Waals surface area contributed by atoms with Crippen LogP contribution in [0.2, 0.25) is 0 Å². The van der Waals surface area contributed by atoms with Crippen LogP contribution in [0.25, 0.3) is 0 Å². The molecule has 1 aliphatic heterocycles. The van der Waals surface area contributed by atoms with Gasteiger partial charge in [0.2, 0.25) is 15.9 Å². The van der Waals surface area contributed by atoms with Gasteiger partial charge in [-0.2, -0.15) is 0 Å². The molecule has 172 valence electrons. The molecule has 0 aliphatic carbocycles. The number of anilines is 1. The maximum Gasteiger partial charge on any atom is 0.251 e. The van der Waals surface area contributed by atoms with Gasteiger partial charge in [-0.05, 0) is 48.7 Å². The summed E-state index contributed by atoms with van der Waals surface area (Å²) in [5.74, 6) is 0.0261. The van der Waals surface area contributed by atoms with Gasteiger partial charge < -0.3 is 14.6 Å². The Morgan fingerprint density at radius 2 is 1.85 bits per heavy atom. The number of amides is 2. The van der Waals surface area contributed by atoms with Gasteiger partial charge in [-0.15, -0.1) is 0 Å². The zero-order valence-electron chi connectivity index (χ0n) is 17.9. The fourth-order valence-corrected chi connectivity index (χ4v) is 4.86. The van der Waals surface area contributed by atoms with E-state index >= 15 is 0 Å². The van der Waals surface area contributed by atoms with Crippen molar-refractivity contribution >= 4 is 27.5 Å². The molecule has 1 atom stereocenters. The summed E-state index contributed by atoms with van der Waals surface area (Å²) >= 11 is 0. The Hall–Kier alpha value is -3.43. The summed E-state index contributed by atoms with van der Waals surface area (Å²) in [6, 6.07) is 17.7. The molecule has 1 unspecified atom stereocenters. The SMILES string of the molecule is O=C(Nc1cccc(S(=O)(=O)NCc2ccco2)c1)C(c1ccccc1)N1CCCCC1=O. The van der Waals surface area contributed by atoms with E-state index in [1.165, 1.54) is 18.4 Å². The van der Waals surface area contributed by atoms with Crippen molar-refractivity contribution in [2.24, 2.45) is 0 Å². The molecular formula is C24H25N3O5S. The first-order chi connectivity index (χ1) is 15.9. The van der Waals surface area contributed by atoms with Crippen LogP contribution in [0.15, 0.2) is 82.3 Å². The lowest BCUT2D eigenvalue weighted by Gasteiger charge is -2.34. The number of sulfonamides is 1. The molecular weight excluding hydrogens is 442 g/mol. The molecule has 4 rings (SSSR count). The van der Waals surface area contributed by atoms with Crippen molar-refractivity contribution in [3.05, 3.63) is 84.3 Å². The van der Waals surface area contributed by atoms with E-state index in [9.17, 15) is 18.0 Å². The predicted octanol–water partition coefficient (Wildman–Crippen LogP) is 3.45. The Bertz CT molecular complexity index is 1210. The van der Waals surface area contributed by atoms with E-state index in [0.29, 0.717) is 30.0 Å². The van der Waals surface area contributed by atoms with Crippen molar-refractivity contribution in [1.29, 1.82) is 0 Å². The third-order valence-corrected chi connectivity index (χ3v) is 6.86. The van der Waals surface area contributed by atoms with E-state index < -0.39 is 22.0 Å². The Balaban J connectivity index is 1.54. The molecule has 2 N–H and O–H groups in total. The second kappa shape index (κ2) is 10.0. The highest BCUT2D eigenvalue weighted by atomic mass is 32.2. The standard InChI is InChI=1S/C24H25N3O5S/c28-22-13-4-5-14-27(22)23(18-8-2-1-3-9-18)24(29)26-19-10-6-12-21(16-19)33(30,31)25-17-20-11-7-15-32-20/h1-3,6-12,15-16,23,25H,4-5,13-14,17H2,(H,26,29). The van der Waals surface area contributed by atoms with Crippen LogP contribution in [0.3, 0.4) is 0 Å². The lowest BCUT2D eigenvalue weighted by Crippen LogP contribution is -2.43. The second-order valence-corrected chi connectivity index (χ2v) is 9.55. The lowest BCUT2D eigenvalue weighted by atomic mass is 10.0. The Kier molecular flexibility index (Phi) is 6.90. The fourth-order valence-electron chi connectivity index (χ4n) is 3.82. The zero-order valence-corrected chi connectivity index (χ0v) is 18.8. The highest BCUT2D eigenvalue weighted by Gasteiger charge is 2.32. The molecule has 2 aromatic carbocycles. The maximum absolute atomic E-state index is 13.3. The molecule has 2 heterocycles. The van der Waals surface area contributed by atoms with E-state index in [0.717, 1.165) is 12.8 Å². The molecule has 1 saturated heterocycles. The summed E-state index contributed by atoms with van der Waals surface area (Å²) in [4.78, 5) is 27.5. The van der Waals surface area contributed by atoms with Gasteiger partial charge in [0.25, 0.3) is 5.91 Å². The number of hydrogen-bond acceptors (Lipinski definition) is 5. The van der Waals surface area contributed by atoms with Gasteiger partial charge in [0, 0.05) is 18.7 Å². The second-order valence-electron chi connectivity index (χ2n) is 7.78. The minimum Gasteiger partial charge on any atom is -0.468 e. The van der Waals surface area contributed by atoms with Crippen molar-refractivity contribution in [2.75, 3.05) is 11.9 Å². The van der Waals surface area contributed by atoms with Crippen LogP contribution in [-0.2, 0) is 26.2 Å². The Morgan fingerprint density at radius 3 is 2.58 bits per heavy atom. The van der Waals surface area contributed by atoms with Crippen LogP contribution in [-0.4, -0.2) is 31.7 Å². The van der Waals surface area contributed by atoms with Crippen molar-refractivity contribution in [3.8, 4) is 0 Å². The van der Waals surface area contributed by atoms with E-state index in [1.807, 2.05) is 30.3 Å². The number of carbonyl (C=O) groups is 2. The summed E-state index contributed by atoms with van der Waals surface area (Å²) in [7, 11) is -3.82. The van der Waals surface area contributed by atoms with Crippen LogP contribution in [0.1, 0.15) is 36.6 Å². The van der Waals surface area contributed by atoms with Crippen molar-refractivity contribution in [2.45, 2.75) is 36.7 Å².